The molecule has 1 aromatic heterocycles. The highest BCUT2D eigenvalue weighted by Crippen LogP contribution is 2.35. The van der Waals surface area contributed by atoms with Crippen LogP contribution in [0.3, 0.4) is 0 Å². The van der Waals surface area contributed by atoms with E-state index in [1.807, 2.05) is 31.2 Å². The number of nitrogens with zero attached hydrogens (tertiary/aromatic N) is 1. The molecule has 0 unspecified atom stereocenters. The van der Waals surface area contributed by atoms with Crippen LogP contribution in [0.4, 0.5) is 0 Å². The van der Waals surface area contributed by atoms with Gasteiger partial charge in [0.2, 0.25) is 0 Å². The number of rotatable bonds is 6. The molecule has 2 aromatic rings. The average molecular weight is 460 g/mol. The largest absolute Gasteiger partial charge is 0.476 e. The predicted octanol–water partition coefficient (Wildman–Crippen LogP) is 3.30. The van der Waals surface area contributed by atoms with Gasteiger partial charge in [-0.2, -0.15) is 0 Å². The lowest BCUT2D eigenvalue weighted by Crippen LogP contribution is -2.55. The normalized spacial score (nSPS) is 22.5. The van der Waals surface area contributed by atoms with E-state index in [-0.39, 0.29) is 0 Å². The molecule has 0 radical (unpaired) electrons. The molecule has 1 aliphatic heterocycles. The Morgan fingerprint density at radius 2 is 1.66 bits per heavy atom. The summed E-state index contributed by atoms with van der Waals surface area (Å²) in [5.74, 6) is -0.809. The van der Waals surface area contributed by atoms with Crippen molar-refractivity contribution in [2.75, 3.05) is 5.75 Å². The van der Waals surface area contributed by atoms with Gasteiger partial charge < -0.3 is 18.9 Å². The minimum absolute atomic E-state index is 0.307. The van der Waals surface area contributed by atoms with Gasteiger partial charge in [-0.1, -0.05) is 12.1 Å². The van der Waals surface area contributed by atoms with Crippen molar-refractivity contribution in [3.8, 4) is 16.9 Å². The Morgan fingerprint density at radius 1 is 0.969 bits per heavy atom. The minimum Gasteiger partial charge on any atom is -0.476 e. The van der Waals surface area contributed by atoms with Gasteiger partial charge in [-0.25, -0.2) is 0 Å². The number of carbonyl (C=O) groups excluding carboxylic acids is 3. The summed E-state index contributed by atoms with van der Waals surface area (Å²) >= 11 is 1.31. The van der Waals surface area contributed by atoms with E-state index in [1.54, 1.807) is 18.5 Å². The van der Waals surface area contributed by atoms with Crippen molar-refractivity contribution in [3.63, 3.8) is 0 Å². The maximum Gasteiger partial charge on any atom is 0.303 e. The van der Waals surface area contributed by atoms with Crippen molar-refractivity contribution in [2.45, 2.75) is 51.4 Å². The summed E-state index contributed by atoms with van der Waals surface area (Å²) in [5, 5.41) is 0. The van der Waals surface area contributed by atoms with Gasteiger partial charge in [0.05, 0.1) is 0 Å². The fourth-order valence-electron chi connectivity index (χ4n) is 3.45. The van der Waals surface area contributed by atoms with Gasteiger partial charge >= 0.3 is 17.9 Å². The van der Waals surface area contributed by atoms with E-state index in [0.717, 1.165) is 16.7 Å². The minimum atomic E-state index is -0.990. The van der Waals surface area contributed by atoms with Crippen molar-refractivity contribution in [1.82, 2.24) is 4.98 Å². The molecule has 1 aliphatic rings. The van der Waals surface area contributed by atoms with Crippen LogP contribution < -0.4 is 4.74 Å². The highest BCUT2D eigenvalue weighted by molar-refractivity contribution is 7.99. The lowest BCUT2D eigenvalue weighted by molar-refractivity contribution is -0.186. The Kier molecular flexibility index (Phi) is 7.74. The van der Waals surface area contributed by atoms with Crippen LogP contribution in [-0.2, 0) is 28.6 Å². The number of carbonyl (C=O) groups is 3. The monoisotopic (exact) mass is 459 g/mol. The van der Waals surface area contributed by atoms with Crippen LogP contribution in [0, 0.1) is 6.92 Å². The first-order chi connectivity index (χ1) is 15.2. The van der Waals surface area contributed by atoms with E-state index in [1.165, 1.54) is 32.5 Å². The van der Waals surface area contributed by atoms with Gasteiger partial charge in [-0.05, 0) is 36.2 Å². The number of esters is 3. The van der Waals surface area contributed by atoms with Crippen LogP contribution in [0.2, 0.25) is 0 Å². The zero-order valence-electron chi connectivity index (χ0n) is 18.3. The molecule has 170 valence electrons. The van der Waals surface area contributed by atoms with Gasteiger partial charge in [-0.15, -0.1) is 11.8 Å². The zero-order chi connectivity index (χ0) is 23.3. The smallest absolute Gasteiger partial charge is 0.303 e. The van der Waals surface area contributed by atoms with Crippen molar-refractivity contribution < 1.29 is 33.3 Å². The van der Waals surface area contributed by atoms with Gasteiger partial charge in [-0.3, -0.25) is 19.4 Å². The molecule has 1 fully saturated rings. The first-order valence-corrected chi connectivity index (χ1v) is 11.1. The molecule has 3 rings (SSSR count). The molecular formula is C23H25NO7S. The predicted molar refractivity (Wildman–Crippen MR) is 118 cm³/mol. The molecule has 4 atom stereocenters. The first kappa shape index (κ1) is 23.6. The second kappa shape index (κ2) is 10.5. The number of aromatic nitrogens is 1. The SMILES string of the molecule is CC(=O)O[C@@H]1[C@@H](OC(C)=O)[C@@H](Oc2cccc(-c3cnccc3C)c2)SC[C@H]1OC(C)=O. The maximum atomic E-state index is 11.8. The number of ether oxygens (including phenoxy) is 4. The Morgan fingerprint density at radius 3 is 2.31 bits per heavy atom. The number of pyridine rings is 1. The molecule has 0 saturated carbocycles. The third-order valence-corrected chi connectivity index (χ3v) is 5.96. The second-order valence-corrected chi connectivity index (χ2v) is 8.47. The Bertz CT molecular complexity index is 996. The highest BCUT2D eigenvalue weighted by atomic mass is 32.2. The summed E-state index contributed by atoms with van der Waals surface area (Å²) in [6.07, 6.45) is 0.788. The number of thioether (sulfide) groups is 1. The Hall–Kier alpha value is -3.07. The van der Waals surface area contributed by atoms with Crippen molar-refractivity contribution in [1.29, 1.82) is 0 Å². The molecule has 1 aromatic carbocycles. The fraction of sp³-hybridized carbons (Fsp3) is 0.391. The molecule has 0 N–H and O–H groups in total. The Labute approximate surface area is 190 Å². The van der Waals surface area contributed by atoms with Crippen LogP contribution >= 0.6 is 11.8 Å². The quantitative estimate of drug-likeness (QED) is 0.476. The summed E-state index contributed by atoms with van der Waals surface area (Å²) in [7, 11) is 0. The van der Waals surface area contributed by atoms with Crippen molar-refractivity contribution in [3.05, 3.63) is 48.3 Å². The van der Waals surface area contributed by atoms with E-state index in [9.17, 15) is 14.4 Å². The van der Waals surface area contributed by atoms with Crippen LogP contribution in [0.5, 0.6) is 5.75 Å². The van der Waals surface area contributed by atoms with Crippen molar-refractivity contribution >= 4 is 29.7 Å². The van der Waals surface area contributed by atoms with Gasteiger partial charge in [0.15, 0.2) is 23.7 Å². The summed E-state index contributed by atoms with van der Waals surface area (Å²) in [6.45, 7) is 5.77. The van der Waals surface area contributed by atoms with Crippen LogP contribution in [0.15, 0.2) is 42.7 Å². The van der Waals surface area contributed by atoms with Gasteiger partial charge in [0.25, 0.3) is 0 Å². The van der Waals surface area contributed by atoms with E-state index in [4.69, 9.17) is 18.9 Å². The number of aryl methyl sites for hydroxylation is 1. The summed E-state index contributed by atoms with van der Waals surface area (Å²) in [6, 6.07) is 9.40. The summed E-state index contributed by atoms with van der Waals surface area (Å²) < 4.78 is 22.4. The van der Waals surface area contributed by atoms with E-state index < -0.39 is 41.7 Å². The van der Waals surface area contributed by atoms with Crippen LogP contribution in [0.1, 0.15) is 26.3 Å². The second-order valence-electron chi connectivity index (χ2n) is 7.33. The third kappa shape index (κ3) is 6.00. The number of benzene rings is 1. The zero-order valence-corrected chi connectivity index (χ0v) is 19.1. The molecule has 8 nitrogen and oxygen atoms in total. The van der Waals surface area contributed by atoms with Gasteiger partial charge in [0.1, 0.15) is 5.75 Å². The van der Waals surface area contributed by atoms with Gasteiger partial charge in [0, 0.05) is 44.5 Å². The molecule has 0 bridgehead atoms. The standard InChI is InChI=1S/C23H25NO7S/c1-13-8-9-24-11-19(13)17-6-5-7-18(10-17)31-23-22(30-16(4)27)21(29-15(3)26)20(12-32-23)28-14(2)25/h5-11,20-23H,12H2,1-4H3/t20-,21+,22-,23+/m1/s1. The topological polar surface area (TPSA) is 101 Å². The molecule has 0 spiro atoms. The molecule has 32 heavy (non-hydrogen) atoms. The van der Waals surface area contributed by atoms with E-state index in [0.29, 0.717) is 11.5 Å². The van der Waals surface area contributed by atoms with E-state index in [2.05, 4.69) is 4.98 Å². The molecular weight excluding hydrogens is 434 g/mol. The third-order valence-electron chi connectivity index (χ3n) is 4.74. The maximum absolute atomic E-state index is 11.8. The highest BCUT2D eigenvalue weighted by Gasteiger charge is 2.47. The summed E-state index contributed by atoms with van der Waals surface area (Å²) in [5.41, 5.74) is 2.28. The molecule has 0 aliphatic carbocycles. The van der Waals surface area contributed by atoms with Crippen LogP contribution in [-0.4, -0.2) is 52.4 Å². The number of hydrogen-bond acceptors (Lipinski definition) is 9. The van der Waals surface area contributed by atoms with Crippen LogP contribution in [0.25, 0.3) is 11.1 Å². The lowest BCUT2D eigenvalue weighted by Gasteiger charge is -2.39. The lowest BCUT2D eigenvalue weighted by atomic mass is 10.0. The molecule has 1 saturated heterocycles. The first-order valence-electron chi connectivity index (χ1n) is 10.1. The fourth-order valence-corrected chi connectivity index (χ4v) is 4.66. The average Bonchev–Trinajstić information content (AvgIpc) is 2.72. The molecule has 0 amide bonds. The summed E-state index contributed by atoms with van der Waals surface area (Å²) in [4.78, 5) is 39.2. The molecule has 2 heterocycles. The Balaban J connectivity index is 1.88. The molecule has 9 heteroatoms. The number of hydrogen-bond donors (Lipinski definition) is 0. The van der Waals surface area contributed by atoms with Crippen molar-refractivity contribution in [2.24, 2.45) is 0 Å². The van der Waals surface area contributed by atoms with E-state index >= 15 is 0 Å².